The average molecular weight is 550 g/mol. The molecule has 0 aliphatic rings. The van der Waals surface area contributed by atoms with E-state index in [0.717, 1.165) is 24.4 Å². The predicted octanol–water partition coefficient (Wildman–Crippen LogP) is 6.42. The number of methoxy groups -OCH3 is 1. The van der Waals surface area contributed by atoms with E-state index in [-0.39, 0.29) is 12.1 Å². The van der Waals surface area contributed by atoms with E-state index in [1.165, 1.54) is 27.3 Å². The Morgan fingerprint density at radius 1 is 1.00 bits per heavy atom. The topological polar surface area (TPSA) is 60.4 Å². The Bertz CT molecular complexity index is 965. The standard InChI is InChI=1S/C17H14Br2O2S3.CO2/c1-3-9-6-13(18)23-16(9)11-4-5-12(22-11)17-10(7-14(19)24-17)8-15(20)21-2;2-1-3/h4-7H,3,8H2,1-2H3;. The van der Waals surface area contributed by atoms with Crippen molar-refractivity contribution in [3.63, 3.8) is 0 Å². The molecule has 0 aromatic carbocycles. The van der Waals surface area contributed by atoms with Crippen LogP contribution in [0.15, 0.2) is 31.8 Å². The van der Waals surface area contributed by atoms with Crippen LogP contribution in [0.25, 0.3) is 19.5 Å². The first-order valence-electron chi connectivity index (χ1n) is 7.66. The molecule has 9 heteroatoms. The van der Waals surface area contributed by atoms with E-state index in [0.29, 0.717) is 6.42 Å². The summed E-state index contributed by atoms with van der Waals surface area (Å²) in [6.45, 7) is 2.18. The molecule has 3 aromatic heterocycles. The van der Waals surface area contributed by atoms with Crippen molar-refractivity contribution < 1.29 is 19.1 Å². The molecule has 0 aliphatic carbocycles. The first-order valence-corrected chi connectivity index (χ1v) is 11.7. The van der Waals surface area contributed by atoms with Gasteiger partial charge in [-0.1, -0.05) is 6.92 Å². The lowest BCUT2D eigenvalue weighted by molar-refractivity contribution is -0.191. The monoisotopic (exact) mass is 548 g/mol. The molecule has 0 unspecified atom stereocenters. The third-order valence-corrected chi connectivity index (χ3v) is 8.36. The summed E-state index contributed by atoms with van der Waals surface area (Å²) in [6.07, 6.45) is 1.56. The second kappa shape index (κ2) is 10.5. The molecule has 0 saturated carbocycles. The van der Waals surface area contributed by atoms with Gasteiger partial charge in [0.1, 0.15) is 0 Å². The van der Waals surface area contributed by atoms with E-state index in [1.54, 1.807) is 34.0 Å². The van der Waals surface area contributed by atoms with Crippen molar-refractivity contribution in [3.05, 3.63) is 43.0 Å². The van der Waals surface area contributed by atoms with Gasteiger partial charge in [-0.05, 0) is 73.7 Å². The highest BCUT2D eigenvalue weighted by Gasteiger charge is 2.17. The molecule has 142 valence electrons. The molecule has 27 heavy (non-hydrogen) atoms. The summed E-state index contributed by atoms with van der Waals surface area (Å²) in [5.74, 6) is -0.214. The zero-order chi connectivity index (χ0) is 20.0. The van der Waals surface area contributed by atoms with E-state index in [9.17, 15) is 4.79 Å². The lowest BCUT2D eigenvalue weighted by Gasteiger charge is -2.01. The van der Waals surface area contributed by atoms with Crippen LogP contribution in [0, 0.1) is 0 Å². The lowest BCUT2D eigenvalue weighted by atomic mass is 10.1. The number of hydrogen-bond donors (Lipinski definition) is 0. The molecule has 0 saturated heterocycles. The van der Waals surface area contributed by atoms with Gasteiger partial charge in [0.15, 0.2) is 0 Å². The number of esters is 1. The summed E-state index contributed by atoms with van der Waals surface area (Å²) in [7, 11) is 1.42. The first-order chi connectivity index (χ1) is 12.9. The van der Waals surface area contributed by atoms with Gasteiger partial charge in [0.25, 0.3) is 0 Å². The van der Waals surface area contributed by atoms with Crippen molar-refractivity contribution in [2.24, 2.45) is 0 Å². The molecule has 0 bridgehead atoms. The minimum Gasteiger partial charge on any atom is -0.469 e. The number of aryl methyl sites for hydroxylation is 1. The number of rotatable bonds is 5. The first kappa shape index (κ1) is 22.2. The van der Waals surface area contributed by atoms with Gasteiger partial charge in [-0.15, -0.1) is 34.0 Å². The molecule has 0 fully saturated rings. The normalized spacial score (nSPS) is 10.1. The third kappa shape index (κ3) is 5.70. The zero-order valence-electron chi connectivity index (χ0n) is 14.3. The minimum absolute atomic E-state index is 0.214. The molecular formula is C18H14Br2O4S3. The summed E-state index contributed by atoms with van der Waals surface area (Å²) in [6, 6.07) is 8.53. The quantitative estimate of drug-likeness (QED) is 0.344. The van der Waals surface area contributed by atoms with Crippen LogP contribution in [0.5, 0.6) is 0 Å². The van der Waals surface area contributed by atoms with Crippen LogP contribution in [0.1, 0.15) is 18.1 Å². The fraction of sp³-hybridized carbons (Fsp3) is 0.222. The summed E-state index contributed by atoms with van der Waals surface area (Å²) in [4.78, 5) is 32.8. The average Bonchev–Trinajstić information content (AvgIpc) is 3.33. The number of thiophene rings is 3. The highest BCUT2D eigenvalue weighted by atomic mass is 79.9. The van der Waals surface area contributed by atoms with Gasteiger partial charge in [0.2, 0.25) is 0 Å². The number of halogens is 2. The molecular weight excluding hydrogens is 536 g/mol. The molecule has 0 atom stereocenters. The molecule has 0 radical (unpaired) electrons. The van der Waals surface area contributed by atoms with Gasteiger partial charge >= 0.3 is 12.1 Å². The Kier molecular flexibility index (Phi) is 8.60. The molecule has 4 nitrogen and oxygen atoms in total. The van der Waals surface area contributed by atoms with Crippen LogP contribution in [-0.4, -0.2) is 19.2 Å². The van der Waals surface area contributed by atoms with Gasteiger partial charge in [-0.2, -0.15) is 9.59 Å². The Morgan fingerprint density at radius 2 is 1.48 bits per heavy atom. The fourth-order valence-corrected chi connectivity index (χ4v) is 7.12. The van der Waals surface area contributed by atoms with Gasteiger partial charge in [-0.25, -0.2) is 0 Å². The van der Waals surface area contributed by atoms with Crippen molar-refractivity contribution in [2.45, 2.75) is 19.8 Å². The third-order valence-electron chi connectivity index (χ3n) is 3.55. The van der Waals surface area contributed by atoms with Gasteiger partial charge in [0, 0.05) is 19.5 Å². The van der Waals surface area contributed by atoms with Crippen LogP contribution in [0.3, 0.4) is 0 Å². The van der Waals surface area contributed by atoms with E-state index >= 15 is 0 Å². The number of carbonyl (C=O) groups is 1. The van der Waals surface area contributed by atoms with Crippen molar-refractivity contribution in [1.82, 2.24) is 0 Å². The van der Waals surface area contributed by atoms with E-state index in [2.05, 4.69) is 57.0 Å². The van der Waals surface area contributed by atoms with Crippen molar-refractivity contribution in [1.29, 1.82) is 0 Å². The zero-order valence-corrected chi connectivity index (χ0v) is 20.0. The highest BCUT2D eigenvalue weighted by molar-refractivity contribution is 9.11. The van der Waals surface area contributed by atoms with Crippen LogP contribution in [-0.2, 0) is 32.0 Å². The predicted molar refractivity (Wildman–Crippen MR) is 116 cm³/mol. The largest absolute Gasteiger partial charge is 0.469 e. The summed E-state index contributed by atoms with van der Waals surface area (Å²) in [5.41, 5.74) is 2.37. The summed E-state index contributed by atoms with van der Waals surface area (Å²) in [5, 5.41) is 0. The van der Waals surface area contributed by atoms with Crippen LogP contribution >= 0.6 is 65.9 Å². The van der Waals surface area contributed by atoms with E-state index in [4.69, 9.17) is 14.3 Å². The minimum atomic E-state index is -0.214. The Morgan fingerprint density at radius 3 is 1.96 bits per heavy atom. The van der Waals surface area contributed by atoms with Crippen LogP contribution in [0.2, 0.25) is 0 Å². The molecule has 0 amide bonds. The van der Waals surface area contributed by atoms with E-state index < -0.39 is 0 Å². The SMILES string of the molecule is CCc1cc(Br)sc1-c1ccc(-c2sc(Br)cc2CC(=O)OC)s1.O=C=O. The number of carbonyl (C=O) groups excluding carboxylic acids is 3. The molecule has 3 aromatic rings. The maximum Gasteiger partial charge on any atom is 0.373 e. The molecule has 0 aliphatic heterocycles. The fourth-order valence-electron chi connectivity index (χ4n) is 2.41. The van der Waals surface area contributed by atoms with Crippen LogP contribution < -0.4 is 0 Å². The Labute approximate surface area is 185 Å². The Hall–Kier alpha value is -1.09. The van der Waals surface area contributed by atoms with Crippen LogP contribution in [0.4, 0.5) is 0 Å². The summed E-state index contributed by atoms with van der Waals surface area (Å²) >= 11 is 12.3. The molecule has 3 heterocycles. The second-order valence-electron chi connectivity index (χ2n) is 5.16. The maximum atomic E-state index is 11.7. The number of ether oxygens (including phenoxy) is 1. The second-order valence-corrected chi connectivity index (χ2v) is 11.1. The van der Waals surface area contributed by atoms with Crippen molar-refractivity contribution >= 4 is 78.0 Å². The number of hydrogen-bond acceptors (Lipinski definition) is 7. The summed E-state index contributed by atoms with van der Waals surface area (Å²) < 4.78 is 7.00. The molecule has 0 N–H and O–H groups in total. The van der Waals surface area contributed by atoms with Gasteiger partial charge in [0.05, 0.1) is 21.1 Å². The Balaban J connectivity index is 0.000000817. The van der Waals surface area contributed by atoms with Crippen molar-refractivity contribution in [3.8, 4) is 19.5 Å². The highest BCUT2D eigenvalue weighted by Crippen LogP contribution is 2.45. The van der Waals surface area contributed by atoms with Gasteiger partial charge in [-0.3, -0.25) is 4.79 Å². The maximum absolute atomic E-state index is 11.7. The van der Waals surface area contributed by atoms with Crippen molar-refractivity contribution in [2.75, 3.05) is 7.11 Å². The molecule has 3 rings (SSSR count). The van der Waals surface area contributed by atoms with Gasteiger partial charge < -0.3 is 4.74 Å². The smallest absolute Gasteiger partial charge is 0.373 e. The molecule has 0 spiro atoms. The van der Waals surface area contributed by atoms with E-state index in [1.807, 2.05) is 6.07 Å². The lowest BCUT2D eigenvalue weighted by Crippen LogP contribution is -2.04.